The first kappa shape index (κ1) is 14.5. The first-order valence-electron chi connectivity index (χ1n) is 8.13. The van der Waals surface area contributed by atoms with E-state index >= 15 is 0 Å². The second kappa shape index (κ2) is 6.58. The van der Waals surface area contributed by atoms with Gasteiger partial charge >= 0.3 is 0 Å². The van der Waals surface area contributed by atoms with Crippen molar-refractivity contribution >= 4 is 11.6 Å². The Morgan fingerprint density at radius 1 is 1.29 bits per heavy atom. The molecule has 2 fully saturated rings. The monoisotopic (exact) mass is 290 g/mol. The van der Waals surface area contributed by atoms with Gasteiger partial charge in [-0.15, -0.1) is 0 Å². The molecule has 3 rings (SSSR count). The van der Waals surface area contributed by atoms with Crippen LogP contribution in [0.15, 0.2) is 6.07 Å². The lowest BCUT2D eigenvalue weighted by Crippen LogP contribution is -2.42. The number of hydrogen-bond acceptors (Lipinski definition) is 6. The molecule has 3 heterocycles. The average Bonchev–Trinajstić information content (AvgIpc) is 2.95. The predicted molar refractivity (Wildman–Crippen MR) is 85.1 cm³/mol. The lowest BCUT2D eigenvalue weighted by molar-refractivity contribution is 0.188. The van der Waals surface area contributed by atoms with Crippen LogP contribution in [0, 0.1) is 0 Å². The van der Waals surface area contributed by atoms with Crippen LogP contribution in [0.25, 0.3) is 0 Å². The molecule has 1 aromatic heterocycles. The van der Waals surface area contributed by atoms with E-state index < -0.39 is 0 Å². The number of fused-ring (bicyclic) bond motifs is 1. The summed E-state index contributed by atoms with van der Waals surface area (Å²) in [7, 11) is 0. The van der Waals surface area contributed by atoms with Crippen molar-refractivity contribution in [3.05, 3.63) is 11.9 Å². The van der Waals surface area contributed by atoms with Crippen molar-refractivity contribution in [1.82, 2.24) is 14.9 Å². The minimum Gasteiger partial charge on any atom is -0.367 e. The summed E-state index contributed by atoms with van der Waals surface area (Å²) in [6, 6.07) is 3.18. The number of anilines is 2. The molecule has 2 saturated heterocycles. The first-order chi connectivity index (χ1) is 10.3. The van der Waals surface area contributed by atoms with Gasteiger partial charge in [-0.05, 0) is 38.6 Å². The molecule has 0 bridgehead atoms. The number of aryl methyl sites for hydroxylation is 1. The highest BCUT2D eigenvalue weighted by Crippen LogP contribution is 2.28. The smallest absolute Gasteiger partial charge is 0.145 e. The van der Waals surface area contributed by atoms with Gasteiger partial charge in [0.1, 0.15) is 17.5 Å². The lowest BCUT2D eigenvalue weighted by atomic mass is 9.97. The normalized spacial score (nSPS) is 25.6. The van der Waals surface area contributed by atoms with E-state index in [4.69, 9.17) is 5.84 Å². The Balaban J connectivity index is 1.67. The molecular formula is C15H26N6. The number of hydrogen-bond donors (Lipinski definition) is 3. The largest absolute Gasteiger partial charge is 0.367 e. The molecule has 0 aliphatic carbocycles. The standard InChI is InChI=1S/C15H26N6/c1-2-4-13-18-14(10-15(19-13)20-16)17-11-6-8-21-7-3-5-12(21)9-11/h10-12H,2-9,16H2,1H3,(H2,17,18,19,20). The third-order valence-electron chi connectivity index (χ3n) is 4.57. The van der Waals surface area contributed by atoms with Crippen LogP contribution in [-0.4, -0.2) is 40.0 Å². The predicted octanol–water partition coefficient (Wildman–Crippen LogP) is 1.75. The number of nitrogens with one attached hydrogen (secondary N) is 2. The molecule has 0 spiro atoms. The van der Waals surface area contributed by atoms with Crippen molar-refractivity contribution in [1.29, 1.82) is 0 Å². The van der Waals surface area contributed by atoms with E-state index in [1.165, 1.54) is 38.8 Å². The quantitative estimate of drug-likeness (QED) is 0.566. The molecule has 2 unspecified atom stereocenters. The van der Waals surface area contributed by atoms with E-state index in [0.29, 0.717) is 11.9 Å². The summed E-state index contributed by atoms with van der Waals surface area (Å²) in [6.45, 7) is 4.62. The summed E-state index contributed by atoms with van der Waals surface area (Å²) in [5.41, 5.74) is 2.64. The molecule has 2 aliphatic heterocycles. The number of nitrogens with zero attached hydrogens (tertiary/aromatic N) is 3. The van der Waals surface area contributed by atoms with E-state index in [2.05, 4.69) is 32.5 Å². The van der Waals surface area contributed by atoms with Crippen molar-refractivity contribution in [2.75, 3.05) is 23.8 Å². The molecule has 0 amide bonds. The molecule has 2 atom stereocenters. The van der Waals surface area contributed by atoms with Crippen molar-refractivity contribution in [3.8, 4) is 0 Å². The second-order valence-corrected chi connectivity index (χ2v) is 6.15. The average molecular weight is 290 g/mol. The van der Waals surface area contributed by atoms with Crippen molar-refractivity contribution in [2.45, 2.75) is 57.5 Å². The van der Waals surface area contributed by atoms with Crippen LogP contribution in [0.5, 0.6) is 0 Å². The van der Waals surface area contributed by atoms with Crippen LogP contribution >= 0.6 is 0 Å². The number of nitrogen functional groups attached to an aromatic ring is 1. The van der Waals surface area contributed by atoms with E-state index in [1.807, 2.05) is 6.07 Å². The summed E-state index contributed by atoms with van der Waals surface area (Å²) in [5, 5.41) is 3.59. The summed E-state index contributed by atoms with van der Waals surface area (Å²) < 4.78 is 0. The number of rotatable bonds is 5. The molecule has 21 heavy (non-hydrogen) atoms. The summed E-state index contributed by atoms with van der Waals surface area (Å²) in [6.07, 6.45) is 7.03. The third kappa shape index (κ3) is 3.44. The van der Waals surface area contributed by atoms with Crippen LogP contribution in [0.2, 0.25) is 0 Å². The number of piperidine rings is 1. The molecule has 6 heteroatoms. The Labute approximate surface area is 126 Å². The van der Waals surface area contributed by atoms with Crippen molar-refractivity contribution < 1.29 is 0 Å². The van der Waals surface area contributed by atoms with E-state index in [-0.39, 0.29) is 0 Å². The topological polar surface area (TPSA) is 79.1 Å². The van der Waals surface area contributed by atoms with Gasteiger partial charge in [0.05, 0.1) is 0 Å². The summed E-state index contributed by atoms with van der Waals surface area (Å²) in [5.74, 6) is 7.96. The van der Waals surface area contributed by atoms with Crippen LogP contribution in [0.1, 0.15) is 44.9 Å². The Morgan fingerprint density at radius 3 is 2.95 bits per heavy atom. The molecule has 0 aromatic carbocycles. The molecule has 116 valence electrons. The van der Waals surface area contributed by atoms with Gasteiger partial charge in [-0.3, -0.25) is 0 Å². The molecule has 0 saturated carbocycles. The van der Waals surface area contributed by atoms with Gasteiger partial charge in [0, 0.05) is 31.1 Å². The maximum atomic E-state index is 5.51. The molecule has 2 aliphatic rings. The van der Waals surface area contributed by atoms with Crippen LogP contribution in [-0.2, 0) is 6.42 Å². The van der Waals surface area contributed by atoms with Gasteiger partial charge in [0.15, 0.2) is 0 Å². The van der Waals surface area contributed by atoms with Gasteiger partial charge in [-0.25, -0.2) is 15.8 Å². The van der Waals surface area contributed by atoms with Crippen molar-refractivity contribution in [2.24, 2.45) is 5.84 Å². The zero-order valence-electron chi connectivity index (χ0n) is 12.8. The summed E-state index contributed by atoms with van der Waals surface area (Å²) in [4.78, 5) is 11.6. The fourth-order valence-corrected chi connectivity index (χ4v) is 3.55. The number of nitrogens with two attached hydrogens (primary N) is 1. The van der Waals surface area contributed by atoms with E-state index in [0.717, 1.165) is 30.5 Å². The van der Waals surface area contributed by atoms with Gasteiger partial charge in [0.25, 0.3) is 0 Å². The number of hydrazine groups is 1. The van der Waals surface area contributed by atoms with Gasteiger partial charge in [-0.1, -0.05) is 6.92 Å². The molecule has 4 N–H and O–H groups in total. The van der Waals surface area contributed by atoms with E-state index in [9.17, 15) is 0 Å². The second-order valence-electron chi connectivity index (χ2n) is 6.15. The van der Waals surface area contributed by atoms with Gasteiger partial charge in [-0.2, -0.15) is 0 Å². The zero-order valence-corrected chi connectivity index (χ0v) is 12.8. The highest BCUT2D eigenvalue weighted by Gasteiger charge is 2.31. The van der Waals surface area contributed by atoms with Gasteiger partial charge < -0.3 is 15.6 Å². The molecule has 1 aromatic rings. The Bertz CT molecular complexity index is 477. The Morgan fingerprint density at radius 2 is 2.14 bits per heavy atom. The third-order valence-corrected chi connectivity index (χ3v) is 4.57. The lowest BCUT2D eigenvalue weighted by Gasteiger charge is -2.35. The minimum atomic E-state index is 0.513. The highest BCUT2D eigenvalue weighted by molar-refractivity contribution is 5.47. The maximum Gasteiger partial charge on any atom is 0.145 e. The maximum absolute atomic E-state index is 5.51. The Hall–Kier alpha value is -1.40. The van der Waals surface area contributed by atoms with Crippen LogP contribution in [0.3, 0.4) is 0 Å². The minimum absolute atomic E-state index is 0.513. The fourth-order valence-electron chi connectivity index (χ4n) is 3.55. The highest BCUT2D eigenvalue weighted by atomic mass is 15.3. The fraction of sp³-hybridized carbons (Fsp3) is 0.733. The van der Waals surface area contributed by atoms with Crippen molar-refractivity contribution in [3.63, 3.8) is 0 Å². The molecule has 6 nitrogen and oxygen atoms in total. The number of aromatic nitrogens is 2. The van der Waals surface area contributed by atoms with Crippen LogP contribution < -0.4 is 16.6 Å². The van der Waals surface area contributed by atoms with Gasteiger partial charge in [0.2, 0.25) is 0 Å². The van der Waals surface area contributed by atoms with E-state index in [1.54, 1.807) is 0 Å². The summed E-state index contributed by atoms with van der Waals surface area (Å²) >= 11 is 0. The first-order valence-corrected chi connectivity index (χ1v) is 8.13. The SMILES string of the molecule is CCCc1nc(NN)cc(NC2CCN3CCCC3C2)n1. The van der Waals surface area contributed by atoms with Crippen LogP contribution in [0.4, 0.5) is 11.6 Å². The Kier molecular flexibility index (Phi) is 4.55. The molecular weight excluding hydrogens is 264 g/mol. The molecule has 0 radical (unpaired) electrons. The zero-order chi connectivity index (χ0) is 14.7.